The molecule has 130 valence electrons. The topological polar surface area (TPSA) is 140 Å². The summed E-state index contributed by atoms with van der Waals surface area (Å²) in [5.74, 6) is -1.79. The molecule has 9 heteroatoms. The highest BCUT2D eigenvalue weighted by Gasteiger charge is 2.22. The Labute approximate surface area is 138 Å². The number of ether oxygens (including phenoxy) is 1. The molecule has 0 saturated heterocycles. The molecule has 5 N–H and O–H groups in total. The highest BCUT2D eigenvalue weighted by atomic mass is 16.5. The second-order valence-electron chi connectivity index (χ2n) is 4.93. The van der Waals surface area contributed by atoms with Crippen LogP contribution in [0.15, 0.2) is 30.3 Å². The summed E-state index contributed by atoms with van der Waals surface area (Å²) in [6.45, 7) is 1.24. The Morgan fingerprint density at radius 1 is 1.12 bits per heavy atom. The summed E-state index contributed by atoms with van der Waals surface area (Å²) in [5, 5.41) is 2.33. The standard InChI is InChI=1S/C15H20N4O5/c1-10(20)18-19-14(22)12(7-8-13(16)21)17-15(23)24-9-11-5-3-2-4-6-11/h2-6,12H,7-9H2,1H3,(H2,16,21)(H,17,23)(H,18,20)(H,19,22). The van der Waals surface area contributed by atoms with Crippen LogP contribution in [-0.2, 0) is 25.7 Å². The van der Waals surface area contributed by atoms with E-state index in [-0.39, 0.29) is 19.4 Å². The van der Waals surface area contributed by atoms with Gasteiger partial charge in [0.1, 0.15) is 12.6 Å². The first-order valence-electron chi connectivity index (χ1n) is 7.20. The molecule has 0 aliphatic heterocycles. The number of hydrogen-bond acceptors (Lipinski definition) is 5. The summed E-state index contributed by atoms with van der Waals surface area (Å²) in [7, 11) is 0. The van der Waals surface area contributed by atoms with Crippen LogP contribution < -0.4 is 21.9 Å². The van der Waals surface area contributed by atoms with Gasteiger partial charge in [-0.2, -0.15) is 0 Å². The number of hydrogen-bond donors (Lipinski definition) is 4. The number of benzene rings is 1. The van der Waals surface area contributed by atoms with Gasteiger partial charge in [-0.05, 0) is 12.0 Å². The fourth-order valence-corrected chi connectivity index (χ4v) is 1.70. The van der Waals surface area contributed by atoms with Crippen LogP contribution in [0.2, 0.25) is 0 Å². The molecule has 0 heterocycles. The van der Waals surface area contributed by atoms with E-state index in [2.05, 4.69) is 16.2 Å². The van der Waals surface area contributed by atoms with Crippen LogP contribution in [-0.4, -0.2) is 29.9 Å². The van der Waals surface area contributed by atoms with Gasteiger partial charge in [-0.25, -0.2) is 4.79 Å². The molecule has 0 bridgehead atoms. The van der Waals surface area contributed by atoms with E-state index < -0.39 is 29.9 Å². The lowest BCUT2D eigenvalue weighted by atomic mass is 10.1. The van der Waals surface area contributed by atoms with Gasteiger partial charge in [0.25, 0.3) is 5.91 Å². The van der Waals surface area contributed by atoms with Gasteiger partial charge in [0.05, 0.1) is 0 Å². The SMILES string of the molecule is CC(=O)NNC(=O)C(CCC(N)=O)NC(=O)OCc1ccccc1. The predicted octanol–water partition coefficient (Wildman–Crippen LogP) is -0.286. The lowest BCUT2D eigenvalue weighted by Crippen LogP contribution is -2.52. The number of primary amides is 1. The molecule has 1 rings (SSSR count). The Bertz CT molecular complexity index is 591. The second-order valence-corrected chi connectivity index (χ2v) is 4.93. The highest BCUT2D eigenvalue weighted by molar-refractivity contribution is 5.88. The summed E-state index contributed by atoms with van der Waals surface area (Å²) in [4.78, 5) is 45.4. The van der Waals surface area contributed by atoms with Crippen LogP contribution >= 0.6 is 0 Å². The molecule has 1 atom stereocenters. The highest BCUT2D eigenvalue weighted by Crippen LogP contribution is 2.02. The number of rotatable bonds is 7. The Morgan fingerprint density at radius 3 is 2.38 bits per heavy atom. The molecule has 9 nitrogen and oxygen atoms in total. The summed E-state index contributed by atoms with van der Waals surface area (Å²) in [6, 6.07) is 7.91. The normalized spacial score (nSPS) is 11.0. The average Bonchev–Trinajstić information content (AvgIpc) is 2.55. The molecule has 0 fully saturated rings. The van der Waals surface area contributed by atoms with Gasteiger partial charge in [-0.15, -0.1) is 0 Å². The first-order valence-corrected chi connectivity index (χ1v) is 7.20. The minimum atomic E-state index is -1.08. The van der Waals surface area contributed by atoms with E-state index in [0.717, 1.165) is 5.56 Å². The Hall–Kier alpha value is -3.10. The van der Waals surface area contributed by atoms with E-state index >= 15 is 0 Å². The molecule has 0 spiro atoms. The number of hydrazine groups is 1. The van der Waals surface area contributed by atoms with Crippen LogP contribution in [0.25, 0.3) is 0 Å². The number of nitrogens with two attached hydrogens (primary N) is 1. The molecule has 4 amide bonds. The van der Waals surface area contributed by atoms with E-state index in [4.69, 9.17) is 10.5 Å². The van der Waals surface area contributed by atoms with Gasteiger partial charge in [0.2, 0.25) is 11.8 Å². The van der Waals surface area contributed by atoms with Gasteiger partial charge in [0.15, 0.2) is 0 Å². The third-order valence-electron chi connectivity index (χ3n) is 2.86. The van der Waals surface area contributed by atoms with Crippen molar-refractivity contribution in [2.75, 3.05) is 0 Å². The number of amides is 4. The Balaban J connectivity index is 2.55. The van der Waals surface area contributed by atoms with Crippen LogP contribution in [0.5, 0.6) is 0 Å². The first kappa shape index (κ1) is 18.9. The summed E-state index contributed by atoms with van der Waals surface area (Å²) in [5.41, 5.74) is 10.0. The van der Waals surface area contributed by atoms with Gasteiger partial charge in [-0.1, -0.05) is 30.3 Å². The summed E-state index contributed by atoms with van der Waals surface area (Å²) >= 11 is 0. The number of carbonyl (C=O) groups excluding carboxylic acids is 4. The van der Waals surface area contributed by atoms with Gasteiger partial charge in [0, 0.05) is 13.3 Å². The molecule has 1 aromatic carbocycles. The van der Waals surface area contributed by atoms with E-state index in [9.17, 15) is 19.2 Å². The number of alkyl carbamates (subject to hydrolysis) is 1. The van der Waals surface area contributed by atoms with Crippen LogP contribution in [0.3, 0.4) is 0 Å². The van der Waals surface area contributed by atoms with Crippen molar-refractivity contribution in [1.82, 2.24) is 16.2 Å². The van der Waals surface area contributed by atoms with E-state index in [1.54, 1.807) is 24.3 Å². The summed E-state index contributed by atoms with van der Waals surface area (Å²) in [6.07, 6.45) is -0.968. The van der Waals surface area contributed by atoms with Crippen molar-refractivity contribution in [3.63, 3.8) is 0 Å². The molecule has 1 unspecified atom stereocenters. The fourth-order valence-electron chi connectivity index (χ4n) is 1.70. The zero-order valence-corrected chi connectivity index (χ0v) is 13.2. The zero-order valence-electron chi connectivity index (χ0n) is 13.2. The van der Waals surface area contributed by atoms with Crippen molar-refractivity contribution in [2.45, 2.75) is 32.4 Å². The van der Waals surface area contributed by atoms with E-state index in [1.807, 2.05) is 6.07 Å². The molecular formula is C15H20N4O5. The van der Waals surface area contributed by atoms with Crippen LogP contribution in [0, 0.1) is 0 Å². The molecule has 0 radical (unpaired) electrons. The monoisotopic (exact) mass is 336 g/mol. The molecule has 0 saturated carbocycles. The van der Waals surface area contributed by atoms with Gasteiger partial charge < -0.3 is 15.8 Å². The lowest BCUT2D eigenvalue weighted by Gasteiger charge is -2.17. The second kappa shape index (κ2) is 9.82. The minimum absolute atomic E-state index is 0.0266. The number of carbonyl (C=O) groups is 4. The predicted molar refractivity (Wildman–Crippen MR) is 83.9 cm³/mol. The maximum absolute atomic E-state index is 11.9. The Kier molecular flexibility index (Phi) is 7.76. The largest absolute Gasteiger partial charge is 0.445 e. The maximum atomic E-state index is 11.9. The minimum Gasteiger partial charge on any atom is -0.445 e. The average molecular weight is 336 g/mol. The molecule has 0 aromatic heterocycles. The summed E-state index contributed by atoms with van der Waals surface area (Å²) < 4.78 is 5.01. The zero-order chi connectivity index (χ0) is 17.9. The van der Waals surface area contributed by atoms with Gasteiger partial charge in [-0.3, -0.25) is 25.2 Å². The van der Waals surface area contributed by atoms with Crippen molar-refractivity contribution < 1.29 is 23.9 Å². The molecule has 0 aliphatic rings. The molecule has 0 aliphatic carbocycles. The van der Waals surface area contributed by atoms with Crippen molar-refractivity contribution in [3.05, 3.63) is 35.9 Å². The maximum Gasteiger partial charge on any atom is 0.408 e. The fraction of sp³-hybridized carbons (Fsp3) is 0.333. The molecule has 1 aromatic rings. The number of nitrogens with one attached hydrogen (secondary N) is 3. The van der Waals surface area contributed by atoms with Gasteiger partial charge >= 0.3 is 6.09 Å². The molecule has 24 heavy (non-hydrogen) atoms. The van der Waals surface area contributed by atoms with Crippen LogP contribution in [0.4, 0.5) is 4.79 Å². The Morgan fingerprint density at radius 2 is 1.79 bits per heavy atom. The van der Waals surface area contributed by atoms with E-state index in [1.165, 1.54) is 6.92 Å². The lowest BCUT2D eigenvalue weighted by molar-refractivity contribution is -0.129. The third-order valence-corrected chi connectivity index (χ3v) is 2.86. The van der Waals surface area contributed by atoms with Crippen molar-refractivity contribution in [2.24, 2.45) is 5.73 Å². The van der Waals surface area contributed by atoms with Crippen molar-refractivity contribution >= 4 is 23.8 Å². The van der Waals surface area contributed by atoms with Crippen molar-refractivity contribution in [1.29, 1.82) is 0 Å². The smallest absolute Gasteiger partial charge is 0.408 e. The van der Waals surface area contributed by atoms with Crippen LogP contribution in [0.1, 0.15) is 25.3 Å². The van der Waals surface area contributed by atoms with Crippen molar-refractivity contribution in [3.8, 4) is 0 Å². The first-order chi connectivity index (χ1) is 11.4. The third kappa shape index (κ3) is 7.78. The van der Waals surface area contributed by atoms with E-state index in [0.29, 0.717) is 0 Å². The quantitative estimate of drug-likeness (QED) is 0.507. The molecular weight excluding hydrogens is 316 g/mol.